The molecule has 0 aliphatic rings. The molecule has 0 bridgehead atoms. The maximum atomic E-state index is 11.2. The van der Waals surface area contributed by atoms with Gasteiger partial charge in [0.25, 0.3) is 0 Å². The van der Waals surface area contributed by atoms with Crippen molar-refractivity contribution in [3.8, 4) is 0 Å². The maximum absolute atomic E-state index is 11.2. The third-order valence-corrected chi connectivity index (χ3v) is 2.74. The predicted octanol–water partition coefficient (Wildman–Crippen LogP) is 1.67. The van der Waals surface area contributed by atoms with E-state index in [1.54, 1.807) is 14.0 Å². The number of methoxy groups -OCH3 is 1. The number of amides is 1. The molecule has 0 saturated heterocycles. The summed E-state index contributed by atoms with van der Waals surface area (Å²) in [5.41, 5.74) is 0. The quantitative estimate of drug-likeness (QED) is 0.631. The van der Waals surface area contributed by atoms with E-state index in [0.29, 0.717) is 0 Å². The number of carbonyl (C=O) groups is 1. The van der Waals surface area contributed by atoms with Crippen molar-refractivity contribution in [3.05, 3.63) is 0 Å². The number of ether oxygens (including phenoxy) is 1. The molecule has 4 heteroatoms. The summed E-state index contributed by atoms with van der Waals surface area (Å²) >= 11 is 1.87. The molecule has 0 heterocycles. The summed E-state index contributed by atoms with van der Waals surface area (Å²) in [7, 11) is 1.54. The van der Waals surface area contributed by atoms with E-state index in [-0.39, 0.29) is 12.0 Å². The van der Waals surface area contributed by atoms with Gasteiger partial charge in [0, 0.05) is 13.7 Å². The number of carbonyl (C=O) groups excluding carboxylic acids is 1. The van der Waals surface area contributed by atoms with Gasteiger partial charge < -0.3 is 10.1 Å². The Morgan fingerprint density at radius 3 is 2.71 bits per heavy atom. The highest BCUT2D eigenvalue weighted by molar-refractivity contribution is 7.98. The highest BCUT2D eigenvalue weighted by Crippen LogP contribution is 2.01. The molecule has 0 aliphatic heterocycles. The fourth-order valence-electron chi connectivity index (χ4n) is 1.01. The first-order valence-corrected chi connectivity index (χ1v) is 6.41. The Morgan fingerprint density at radius 1 is 1.43 bits per heavy atom. The van der Waals surface area contributed by atoms with Crippen molar-refractivity contribution in [3.63, 3.8) is 0 Å². The Bertz CT molecular complexity index is 153. The van der Waals surface area contributed by atoms with E-state index in [1.807, 2.05) is 11.8 Å². The van der Waals surface area contributed by atoms with Crippen LogP contribution in [0.15, 0.2) is 0 Å². The van der Waals surface area contributed by atoms with Gasteiger partial charge >= 0.3 is 0 Å². The minimum atomic E-state index is -0.332. The van der Waals surface area contributed by atoms with E-state index in [2.05, 4.69) is 11.6 Å². The lowest BCUT2D eigenvalue weighted by atomic mass is 10.2. The van der Waals surface area contributed by atoms with Crippen LogP contribution >= 0.6 is 11.8 Å². The van der Waals surface area contributed by atoms with Crippen molar-refractivity contribution in [2.24, 2.45) is 0 Å². The number of unbranched alkanes of at least 4 members (excludes halogenated alkanes) is 2. The van der Waals surface area contributed by atoms with E-state index in [1.165, 1.54) is 18.6 Å². The second-order valence-electron chi connectivity index (χ2n) is 3.22. The standard InChI is InChI=1S/C10H21NO2S/c1-9(13-2)10(12)11-7-5-4-6-8-14-3/h9H,4-8H2,1-3H3,(H,11,12). The van der Waals surface area contributed by atoms with Crippen LogP contribution < -0.4 is 5.32 Å². The first kappa shape index (κ1) is 13.8. The SMILES string of the molecule is COC(C)C(=O)NCCCCCSC. The second-order valence-corrected chi connectivity index (χ2v) is 4.21. The average molecular weight is 219 g/mol. The molecule has 0 spiro atoms. The summed E-state index contributed by atoms with van der Waals surface area (Å²) in [6.07, 6.45) is 5.26. The Balaban J connectivity index is 3.23. The molecule has 0 saturated carbocycles. The van der Waals surface area contributed by atoms with Gasteiger partial charge in [-0.1, -0.05) is 6.42 Å². The number of hydrogen-bond acceptors (Lipinski definition) is 3. The zero-order valence-corrected chi connectivity index (χ0v) is 10.2. The molecule has 1 atom stereocenters. The normalized spacial score (nSPS) is 12.5. The van der Waals surface area contributed by atoms with Crippen LogP contribution in [-0.4, -0.2) is 37.7 Å². The average Bonchev–Trinajstić information content (AvgIpc) is 2.21. The van der Waals surface area contributed by atoms with Gasteiger partial charge in [-0.05, 0) is 31.8 Å². The highest BCUT2D eigenvalue weighted by atomic mass is 32.2. The number of thioether (sulfide) groups is 1. The second kappa shape index (κ2) is 9.34. The molecule has 0 aliphatic carbocycles. The van der Waals surface area contributed by atoms with Crippen LogP contribution in [-0.2, 0) is 9.53 Å². The third kappa shape index (κ3) is 7.21. The van der Waals surface area contributed by atoms with E-state index in [9.17, 15) is 4.79 Å². The van der Waals surface area contributed by atoms with Gasteiger partial charge in [0.05, 0.1) is 0 Å². The minimum Gasteiger partial charge on any atom is -0.372 e. The monoisotopic (exact) mass is 219 g/mol. The van der Waals surface area contributed by atoms with Crippen molar-refractivity contribution in [2.75, 3.05) is 25.7 Å². The first-order valence-electron chi connectivity index (χ1n) is 5.01. The number of rotatable bonds is 8. The van der Waals surface area contributed by atoms with Gasteiger partial charge in [0.2, 0.25) is 5.91 Å². The largest absolute Gasteiger partial charge is 0.372 e. The lowest BCUT2D eigenvalue weighted by Crippen LogP contribution is -2.34. The van der Waals surface area contributed by atoms with E-state index < -0.39 is 0 Å². The molecule has 0 aromatic rings. The zero-order valence-electron chi connectivity index (χ0n) is 9.34. The van der Waals surface area contributed by atoms with Gasteiger partial charge in [-0.3, -0.25) is 4.79 Å². The molecule has 0 aromatic carbocycles. The van der Waals surface area contributed by atoms with Crippen molar-refractivity contribution in [2.45, 2.75) is 32.3 Å². The highest BCUT2D eigenvalue weighted by Gasteiger charge is 2.09. The fraction of sp³-hybridized carbons (Fsp3) is 0.900. The Labute approximate surface area is 91.0 Å². The molecule has 3 nitrogen and oxygen atoms in total. The molecule has 0 aromatic heterocycles. The Hall–Kier alpha value is -0.220. The van der Waals surface area contributed by atoms with Crippen molar-refractivity contribution < 1.29 is 9.53 Å². The molecule has 1 amide bonds. The van der Waals surface area contributed by atoms with Crippen molar-refractivity contribution in [1.29, 1.82) is 0 Å². The molecule has 0 fully saturated rings. The third-order valence-electron chi connectivity index (χ3n) is 2.05. The van der Waals surface area contributed by atoms with E-state index >= 15 is 0 Å². The molecule has 0 radical (unpaired) electrons. The van der Waals surface area contributed by atoms with Crippen LogP contribution in [0.1, 0.15) is 26.2 Å². The van der Waals surface area contributed by atoms with Gasteiger partial charge in [0.15, 0.2) is 0 Å². The maximum Gasteiger partial charge on any atom is 0.248 e. The van der Waals surface area contributed by atoms with Gasteiger partial charge in [-0.25, -0.2) is 0 Å². The van der Waals surface area contributed by atoms with Crippen LogP contribution in [0.3, 0.4) is 0 Å². The molecule has 1 unspecified atom stereocenters. The molecular weight excluding hydrogens is 198 g/mol. The molecule has 14 heavy (non-hydrogen) atoms. The lowest BCUT2D eigenvalue weighted by molar-refractivity contribution is -0.130. The number of nitrogens with one attached hydrogen (secondary N) is 1. The molecule has 1 N–H and O–H groups in total. The Kier molecular flexibility index (Phi) is 9.19. The summed E-state index contributed by atoms with van der Waals surface area (Å²) < 4.78 is 4.89. The van der Waals surface area contributed by atoms with Gasteiger partial charge in [-0.15, -0.1) is 0 Å². The number of hydrogen-bond donors (Lipinski definition) is 1. The fourth-order valence-corrected chi connectivity index (χ4v) is 1.50. The smallest absolute Gasteiger partial charge is 0.248 e. The first-order chi connectivity index (χ1) is 6.72. The zero-order chi connectivity index (χ0) is 10.8. The van der Waals surface area contributed by atoms with E-state index in [0.717, 1.165) is 13.0 Å². The lowest BCUT2D eigenvalue weighted by Gasteiger charge is -2.09. The van der Waals surface area contributed by atoms with Crippen LogP contribution in [0.2, 0.25) is 0 Å². The van der Waals surface area contributed by atoms with Crippen molar-refractivity contribution in [1.82, 2.24) is 5.32 Å². The Morgan fingerprint density at radius 2 is 2.14 bits per heavy atom. The van der Waals surface area contributed by atoms with Crippen LogP contribution in [0.4, 0.5) is 0 Å². The summed E-state index contributed by atoms with van der Waals surface area (Å²) in [6.45, 7) is 2.52. The summed E-state index contributed by atoms with van der Waals surface area (Å²) in [5, 5.41) is 2.84. The molecule has 0 rings (SSSR count). The summed E-state index contributed by atoms with van der Waals surface area (Å²) in [5.74, 6) is 1.19. The van der Waals surface area contributed by atoms with Crippen LogP contribution in [0.5, 0.6) is 0 Å². The van der Waals surface area contributed by atoms with Crippen LogP contribution in [0.25, 0.3) is 0 Å². The van der Waals surface area contributed by atoms with Gasteiger partial charge in [0.1, 0.15) is 6.10 Å². The summed E-state index contributed by atoms with van der Waals surface area (Å²) in [4.78, 5) is 11.2. The van der Waals surface area contributed by atoms with Crippen molar-refractivity contribution >= 4 is 17.7 Å². The predicted molar refractivity (Wildman–Crippen MR) is 61.7 cm³/mol. The van der Waals surface area contributed by atoms with Gasteiger partial charge in [-0.2, -0.15) is 11.8 Å². The summed E-state index contributed by atoms with van der Waals surface area (Å²) in [6, 6.07) is 0. The van der Waals surface area contributed by atoms with Crippen LogP contribution in [0, 0.1) is 0 Å². The van der Waals surface area contributed by atoms with E-state index in [4.69, 9.17) is 4.74 Å². The molecule has 84 valence electrons. The topological polar surface area (TPSA) is 38.3 Å². The molecular formula is C10H21NO2S. The minimum absolute atomic E-state index is 0.0163.